The van der Waals surface area contributed by atoms with E-state index in [0.717, 1.165) is 22.9 Å². The van der Waals surface area contributed by atoms with Gasteiger partial charge in [0.1, 0.15) is 0 Å². The Morgan fingerprint density at radius 1 is 1.62 bits per heavy atom. The number of aryl methyl sites for hydroxylation is 1. The Morgan fingerprint density at radius 3 is 2.77 bits per heavy atom. The molecule has 0 amide bonds. The second-order valence-corrected chi connectivity index (χ2v) is 4.56. The van der Waals surface area contributed by atoms with Crippen LogP contribution < -0.4 is 11.3 Å². The van der Waals surface area contributed by atoms with E-state index in [4.69, 9.17) is 5.73 Å². The summed E-state index contributed by atoms with van der Waals surface area (Å²) in [5.74, 6) is 0. The van der Waals surface area contributed by atoms with Gasteiger partial charge in [0.25, 0.3) is 5.56 Å². The molecule has 1 aliphatic rings. The lowest BCUT2D eigenvalue weighted by Crippen LogP contribution is -2.31. The molecular formula is C9H11BrN2O. The maximum Gasteiger partial charge on any atom is 0.255 e. The van der Waals surface area contributed by atoms with Crippen molar-refractivity contribution < 1.29 is 0 Å². The van der Waals surface area contributed by atoms with Crippen molar-refractivity contribution in [3.8, 4) is 0 Å². The maximum absolute atomic E-state index is 11.7. The molecule has 1 saturated carbocycles. The molecule has 0 bridgehead atoms. The van der Waals surface area contributed by atoms with Gasteiger partial charge in [-0.15, -0.1) is 0 Å². The van der Waals surface area contributed by atoms with E-state index >= 15 is 0 Å². The smallest absolute Gasteiger partial charge is 0.255 e. The summed E-state index contributed by atoms with van der Waals surface area (Å²) < 4.78 is 2.47. The van der Waals surface area contributed by atoms with Crippen LogP contribution in [0.25, 0.3) is 0 Å². The van der Waals surface area contributed by atoms with E-state index < -0.39 is 0 Å². The first-order valence-corrected chi connectivity index (χ1v) is 4.98. The monoisotopic (exact) mass is 242 g/mol. The first-order chi connectivity index (χ1) is 6.03. The summed E-state index contributed by atoms with van der Waals surface area (Å²) in [5.41, 5.74) is 6.37. The molecule has 1 aromatic rings. The molecule has 4 heteroatoms. The molecule has 0 radical (unpaired) electrons. The lowest BCUT2D eigenvalue weighted by molar-refractivity contribution is 0.699. The summed E-state index contributed by atoms with van der Waals surface area (Å²) in [6.45, 7) is 0. The molecule has 0 aromatic carbocycles. The van der Waals surface area contributed by atoms with Crippen LogP contribution in [0.1, 0.15) is 18.4 Å². The number of nitrogens with zero attached hydrogens (tertiary/aromatic N) is 1. The maximum atomic E-state index is 11.7. The predicted molar refractivity (Wildman–Crippen MR) is 54.5 cm³/mol. The van der Waals surface area contributed by atoms with Crippen molar-refractivity contribution >= 4 is 15.9 Å². The van der Waals surface area contributed by atoms with Gasteiger partial charge in [0, 0.05) is 28.8 Å². The summed E-state index contributed by atoms with van der Waals surface area (Å²) in [7, 11) is 1.74. The van der Waals surface area contributed by atoms with Gasteiger partial charge in [-0.25, -0.2) is 0 Å². The molecule has 1 aromatic heterocycles. The fourth-order valence-electron chi connectivity index (χ4n) is 1.43. The summed E-state index contributed by atoms with van der Waals surface area (Å²) in [4.78, 5) is 11.7. The first-order valence-electron chi connectivity index (χ1n) is 4.18. The van der Waals surface area contributed by atoms with Crippen LogP contribution in [0.4, 0.5) is 0 Å². The molecule has 0 aliphatic heterocycles. The summed E-state index contributed by atoms with van der Waals surface area (Å²) >= 11 is 3.35. The largest absolute Gasteiger partial charge is 0.321 e. The van der Waals surface area contributed by atoms with Gasteiger partial charge in [-0.3, -0.25) is 4.79 Å². The predicted octanol–water partition coefficient (Wildman–Crippen LogP) is 1.10. The Kier molecular flexibility index (Phi) is 1.85. The third-order valence-electron chi connectivity index (χ3n) is 2.48. The van der Waals surface area contributed by atoms with Gasteiger partial charge in [-0.05, 0) is 34.8 Å². The Labute approximate surface area is 84.7 Å². The van der Waals surface area contributed by atoms with E-state index in [-0.39, 0.29) is 11.1 Å². The summed E-state index contributed by atoms with van der Waals surface area (Å²) in [6, 6.07) is 1.83. The molecule has 2 N–H and O–H groups in total. The van der Waals surface area contributed by atoms with Gasteiger partial charge in [-0.1, -0.05) is 0 Å². The Bertz CT molecular complexity index is 407. The number of aromatic nitrogens is 1. The van der Waals surface area contributed by atoms with Crippen LogP contribution in [0.5, 0.6) is 0 Å². The average molecular weight is 243 g/mol. The van der Waals surface area contributed by atoms with E-state index in [2.05, 4.69) is 15.9 Å². The Morgan fingerprint density at radius 2 is 2.23 bits per heavy atom. The number of rotatable bonds is 1. The fourth-order valence-corrected chi connectivity index (χ4v) is 1.97. The minimum absolute atomic E-state index is 0.0169. The number of nitrogens with two attached hydrogens (primary N) is 1. The summed E-state index contributed by atoms with van der Waals surface area (Å²) in [6.07, 6.45) is 3.58. The highest BCUT2D eigenvalue weighted by molar-refractivity contribution is 9.10. The third-order valence-corrected chi connectivity index (χ3v) is 2.91. The van der Waals surface area contributed by atoms with Gasteiger partial charge in [0.2, 0.25) is 0 Å². The third kappa shape index (κ3) is 1.44. The average Bonchev–Trinajstić information content (AvgIpc) is 2.77. The van der Waals surface area contributed by atoms with E-state index in [1.165, 1.54) is 0 Å². The van der Waals surface area contributed by atoms with Gasteiger partial charge in [0.15, 0.2) is 0 Å². The normalized spacial score (nSPS) is 18.7. The highest BCUT2D eigenvalue weighted by Crippen LogP contribution is 2.41. The minimum atomic E-state index is -0.349. The molecule has 3 nitrogen and oxygen atoms in total. The Hall–Kier alpha value is -0.610. The van der Waals surface area contributed by atoms with Crippen molar-refractivity contribution in [3.63, 3.8) is 0 Å². The van der Waals surface area contributed by atoms with Gasteiger partial charge in [0.05, 0.1) is 0 Å². The van der Waals surface area contributed by atoms with Crippen molar-refractivity contribution in [2.75, 3.05) is 0 Å². The van der Waals surface area contributed by atoms with Crippen LogP contribution >= 0.6 is 15.9 Å². The quantitative estimate of drug-likeness (QED) is 0.802. The minimum Gasteiger partial charge on any atom is -0.321 e. The van der Waals surface area contributed by atoms with Crippen LogP contribution in [0, 0.1) is 0 Å². The molecule has 0 saturated heterocycles. The van der Waals surface area contributed by atoms with Crippen molar-refractivity contribution in [2.45, 2.75) is 18.4 Å². The second-order valence-electron chi connectivity index (χ2n) is 3.64. The van der Waals surface area contributed by atoms with Gasteiger partial charge in [-0.2, -0.15) is 0 Å². The zero-order chi connectivity index (χ0) is 9.64. The van der Waals surface area contributed by atoms with Crippen molar-refractivity contribution in [3.05, 3.63) is 32.7 Å². The number of pyridine rings is 1. The molecule has 0 atom stereocenters. The van der Waals surface area contributed by atoms with Crippen LogP contribution in [0.15, 0.2) is 21.5 Å². The number of hydrogen-bond acceptors (Lipinski definition) is 2. The standard InChI is InChI=1S/C9H11BrN2O/c1-12-5-6(10)4-7(8(12)13)9(11)2-3-9/h4-5H,2-3,11H2,1H3. The molecule has 1 heterocycles. The molecule has 0 spiro atoms. The van der Waals surface area contributed by atoms with Crippen molar-refractivity contribution in [1.82, 2.24) is 4.57 Å². The van der Waals surface area contributed by atoms with Crippen LogP contribution in [0.3, 0.4) is 0 Å². The van der Waals surface area contributed by atoms with Gasteiger partial charge >= 0.3 is 0 Å². The second kappa shape index (κ2) is 2.69. The lowest BCUT2D eigenvalue weighted by atomic mass is 10.1. The lowest BCUT2D eigenvalue weighted by Gasteiger charge is -2.10. The fraction of sp³-hybridized carbons (Fsp3) is 0.444. The highest BCUT2D eigenvalue weighted by Gasteiger charge is 2.42. The van der Waals surface area contributed by atoms with Gasteiger partial charge < -0.3 is 10.3 Å². The highest BCUT2D eigenvalue weighted by atomic mass is 79.9. The number of halogens is 1. The molecule has 1 fully saturated rings. The SMILES string of the molecule is Cn1cc(Br)cc(C2(N)CC2)c1=O. The zero-order valence-electron chi connectivity index (χ0n) is 7.38. The van der Waals surface area contributed by atoms with E-state index in [0.29, 0.717) is 0 Å². The summed E-state index contributed by atoms with van der Waals surface area (Å²) in [5, 5.41) is 0. The number of hydrogen-bond donors (Lipinski definition) is 1. The zero-order valence-corrected chi connectivity index (χ0v) is 8.97. The molecule has 0 unspecified atom stereocenters. The van der Waals surface area contributed by atoms with Crippen LogP contribution in [-0.2, 0) is 12.6 Å². The van der Waals surface area contributed by atoms with E-state index in [9.17, 15) is 4.79 Å². The molecular weight excluding hydrogens is 232 g/mol. The van der Waals surface area contributed by atoms with E-state index in [1.807, 2.05) is 6.07 Å². The van der Waals surface area contributed by atoms with Crippen molar-refractivity contribution in [2.24, 2.45) is 12.8 Å². The topological polar surface area (TPSA) is 48.0 Å². The molecule has 70 valence electrons. The van der Waals surface area contributed by atoms with Crippen molar-refractivity contribution in [1.29, 1.82) is 0 Å². The molecule has 2 rings (SSSR count). The molecule has 1 aliphatic carbocycles. The Balaban J connectivity index is 2.63. The van der Waals surface area contributed by atoms with E-state index in [1.54, 1.807) is 17.8 Å². The van der Waals surface area contributed by atoms with Crippen LogP contribution in [-0.4, -0.2) is 4.57 Å². The first kappa shape index (κ1) is 8.97. The molecule has 13 heavy (non-hydrogen) atoms. The van der Waals surface area contributed by atoms with Crippen LogP contribution in [0.2, 0.25) is 0 Å².